The molecule has 6 heteroatoms. The lowest BCUT2D eigenvalue weighted by atomic mass is 10.1. The fourth-order valence-electron chi connectivity index (χ4n) is 3.46. The first kappa shape index (κ1) is 14.2. The van der Waals surface area contributed by atoms with Crippen LogP contribution in [0.1, 0.15) is 30.1 Å². The van der Waals surface area contributed by atoms with Crippen LogP contribution in [0.15, 0.2) is 22.7 Å². The van der Waals surface area contributed by atoms with E-state index in [1.165, 1.54) is 24.1 Å². The van der Waals surface area contributed by atoms with E-state index in [4.69, 9.17) is 4.52 Å². The summed E-state index contributed by atoms with van der Waals surface area (Å²) < 4.78 is 4.93. The summed E-state index contributed by atoms with van der Waals surface area (Å²) in [5, 5.41) is 3.81. The van der Waals surface area contributed by atoms with Gasteiger partial charge in [0.1, 0.15) is 0 Å². The molecule has 0 atom stereocenters. The number of nitrogens with zero attached hydrogens (tertiary/aromatic N) is 4. The lowest BCUT2D eigenvalue weighted by molar-refractivity contribution is -0.118. The summed E-state index contributed by atoms with van der Waals surface area (Å²) in [7, 11) is 0. The van der Waals surface area contributed by atoms with Crippen LogP contribution < -0.4 is 9.80 Å². The van der Waals surface area contributed by atoms with Gasteiger partial charge in [-0.25, -0.2) is 0 Å². The number of carbonyl (C=O) groups excluding carboxylic acids is 1. The van der Waals surface area contributed by atoms with E-state index in [1.54, 1.807) is 6.92 Å². The van der Waals surface area contributed by atoms with Gasteiger partial charge in [0.2, 0.25) is 11.8 Å². The van der Waals surface area contributed by atoms with Crippen LogP contribution in [0.5, 0.6) is 0 Å². The minimum atomic E-state index is 0.0264. The molecule has 2 aliphatic rings. The van der Waals surface area contributed by atoms with Crippen LogP contribution in [0.2, 0.25) is 0 Å². The Morgan fingerprint density at radius 3 is 2.83 bits per heavy atom. The van der Waals surface area contributed by atoms with Gasteiger partial charge in [0.25, 0.3) is 0 Å². The molecule has 120 valence electrons. The van der Waals surface area contributed by atoms with Gasteiger partial charge >= 0.3 is 0 Å². The summed E-state index contributed by atoms with van der Waals surface area (Å²) in [5.74, 6) is 0.970. The summed E-state index contributed by atoms with van der Waals surface area (Å²) >= 11 is 0. The average molecular weight is 312 g/mol. The SMILES string of the molecule is Cc1nc(CC(=O)N2CCc3cc(N4CCCC4)ccc32)no1. The molecule has 2 aliphatic heterocycles. The molecule has 0 saturated carbocycles. The third-order valence-corrected chi connectivity index (χ3v) is 4.61. The maximum atomic E-state index is 12.5. The van der Waals surface area contributed by atoms with Crippen molar-refractivity contribution in [1.82, 2.24) is 10.1 Å². The molecule has 1 aromatic heterocycles. The van der Waals surface area contributed by atoms with Crippen LogP contribution in [0, 0.1) is 6.92 Å². The Hall–Kier alpha value is -2.37. The number of carbonyl (C=O) groups is 1. The number of fused-ring (bicyclic) bond motifs is 1. The molecule has 1 fully saturated rings. The molecule has 0 unspecified atom stereocenters. The number of benzene rings is 1. The molecule has 0 radical (unpaired) electrons. The van der Waals surface area contributed by atoms with Crippen molar-refractivity contribution in [3.8, 4) is 0 Å². The Kier molecular flexibility index (Phi) is 3.52. The quantitative estimate of drug-likeness (QED) is 0.868. The average Bonchev–Trinajstić information content (AvgIpc) is 3.26. The number of aromatic nitrogens is 2. The van der Waals surface area contributed by atoms with E-state index in [1.807, 2.05) is 4.90 Å². The molecule has 0 spiro atoms. The van der Waals surface area contributed by atoms with Crippen LogP contribution in [-0.2, 0) is 17.6 Å². The van der Waals surface area contributed by atoms with Crippen LogP contribution in [0.4, 0.5) is 11.4 Å². The predicted octanol–water partition coefficient (Wildman–Crippen LogP) is 2.11. The van der Waals surface area contributed by atoms with E-state index in [9.17, 15) is 4.79 Å². The van der Waals surface area contributed by atoms with Gasteiger partial charge in [0.15, 0.2) is 5.82 Å². The van der Waals surface area contributed by atoms with Gasteiger partial charge in [0.05, 0.1) is 6.42 Å². The summed E-state index contributed by atoms with van der Waals surface area (Å²) in [6.07, 6.45) is 3.64. The zero-order valence-electron chi connectivity index (χ0n) is 13.3. The molecular formula is C17H20N4O2. The first-order valence-electron chi connectivity index (χ1n) is 8.18. The summed E-state index contributed by atoms with van der Waals surface area (Å²) in [6.45, 7) is 4.73. The summed E-state index contributed by atoms with van der Waals surface area (Å²) in [6, 6.07) is 6.45. The molecule has 0 bridgehead atoms. The van der Waals surface area contributed by atoms with Gasteiger partial charge in [-0.15, -0.1) is 0 Å². The molecule has 1 saturated heterocycles. The van der Waals surface area contributed by atoms with E-state index in [0.717, 1.165) is 31.7 Å². The standard InChI is InChI=1S/C17H20N4O2/c1-12-18-16(19-23-12)11-17(22)21-9-6-13-10-14(4-5-15(13)21)20-7-2-3-8-20/h4-5,10H,2-3,6-9,11H2,1H3. The van der Waals surface area contributed by atoms with Crippen molar-refractivity contribution in [3.63, 3.8) is 0 Å². The molecule has 0 N–H and O–H groups in total. The van der Waals surface area contributed by atoms with Crippen LogP contribution in [0.25, 0.3) is 0 Å². The van der Waals surface area contributed by atoms with E-state index in [2.05, 4.69) is 33.2 Å². The fourth-order valence-corrected chi connectivity index (χ4v) is 3.46. The zero-order chi connectivity index (χ0) is 15.8. The molecule has 2 aromatic rings. The monoisotopic (exact) mass is 312 g/mol. The molecule has 23 heavy (non-hydrogen) atoms. The Morgan fingerprint density at radius 2 is 2.09 bits per heavy atom. The molecule has 1 amide bonds. The minimum absolute atomic E-state index is 0.0264. The van der Waals surface area contributed by atoms with Gasteiger partial charge in [0, 0.05) is 37.9 Å². The van der Waals surface area contributed by atoms with Crippen LogP contribution >= 0.6 is 0 Å². The van der Waals surface area contributed by atoms with Crippen molar-refractivity contribution in [1.29, 1.82) is 0 Å². The number of rotatable bonds is 3. The van der Waals surface area contributed by atoms with Crippen molar-refractivity contribution in [2.45, 2.75) is 32.6 Å². The molecule has 3 heterocycles. The zero-order valence-corrected chi connectivity index (χ0v) is 13.3. The number of anilines is 2. The lowest BCUT2D eigenvalue weighted by Gasteiger charge is -2.20. The Morgan fingerprint density at radius 1 is 1.26 bits per heavy atom. The smallest absolute Gasteiger partial charge is 0.234 e. The van der Waals surface area contributed by atoms with E-state index >= 15 is 0 Å². The van der Waals surface area contributed by atoms with Crippen molar-refractivity contribution in [3.05, 3.63) is 35.5 Å². The van der Waals surface area contributed by atoms with Crippen molar-refractivity contribution in [2.75, 3.05) is 29.4 Å². The number of amides is 1. The highest BCUT2D eigenvalue weighted by atomic mass is 16.5. The molecule has 4 rings (SSSR count). The highest BCUT2D eigenvalue weighted by Crippen LogP contribution is 2.33. The third kappa shape index (κ3) is 2.69. The van der Waals surface area contributed by atoms with Crippen molar-refractivity contribution in [2.24, 2.45) is 0 Å². The van der Waals surface area contributed by atoms with Gasteiger partial charge in [-0.1, -0.05) is 5.16 Å². The number of hydrogen-bond donors (Lipinski definition) is 0. The lowest BCUT2D eigenvalue weighted by Crippen LogP contribution is -2.30. The second-order valence-electron chi connectivity index (χ2n) is 6.21. The number of aryl methyl sites for hydroxylation is 1. The Bertz CT molecular complexity index is 734. The Labute approximate surface area is 135 Å². The van der Waals surface area contributed by atoms with E-state index < -0.39 is 0 Å². The summed E-state index contributed by atoms with van der Waals surface area (Å²) in [4.78, 5) is 20.9. The largest absolute Gasteiger partial charge is 0.372 e. The first-order valence-corrected chi connectivity index (χ1v) is 8.18. The predicted molar refractivity (Wildman–Crippen MR) is 86.7 cm³/mol. The Balaban J connectivity index is 1.52. The second-order valence-corrected chi connectivity index (χ2v) is 6.21. The summed E-state index contributed by atoms with van der Waals surface area (Å²) in [5.41, 5.74) is 3.56. The second kappa shape index (κ2) is 5.68. The van der Waals surface area contributed by atoms with E-state index in [0.29, 0.717) is 11.7 Å². The van der Waals surface area contributed by atoms with Crippen molar-refractivity contribution < 1.29 is 9.32 Å². The van der Waals surface area contributed by atoms with Crippen molar-refractivity contribution >= 4 is 17.3 Å². The molecule has 6 nitrogen and oxygen atoms in total. The third-order valence-electron chi connectivity index (χ3n) is 4.61. The maximum Gasteiger partial charge on any atom is 0.234 e. The van der Waals surface area contributed by atoms with Crippen LogP contribution in [-0.4, -0.2) is 35.7 Å². The van der Waals surface area contributed by atoms with Gasteiger partial charge < -0.3 is 14.3 Å². The number of hydrogen-bond acceptors (Lipinski definition) is 5. The fraction of sp³-hybridized carbons (Fsp3) is 0.471. The molecular weight excluding hydrogens is 292 g/mol. The van der Waals surface area contributed by atoms with E-state index in [-0.39, 0.29) is 12.3 Å². The molecule has 0 aliphatic carbocycles. The molecule has 1 aromatic carbocycles. The van der Waals surface area contributed by atoms with Gasteiger partial charge in [-0.05, 0) is 43.0 Å². The van der Waals surface area contributed by atoms with Gasteiger partial charge in [-0.3, -0.25) is 4.79 Å². The normalized spacial score (nSPS) is 16.9. The van der Waals surface area contributed by atoms with Crippen LogP contribution in [0.3, 0.4) is 0 Å². The topological polar surface area (TPSA) is 62.5 Å². The maximum absolute atomic E-state index is 12.5. The first-order chi connectivity index (χ1) is 11.2. The van der Waals surface area contributed by atoms with Gasteiger partial charge in [-0.2, -0.15) is 4.98 Å². The minimum Gasteiger partial charge on any atom is -0.372 e. The highest BCUT2D eigenvalue weighted by Gasteiger charge is 2.26. The highest BCUT2D eigenvalue weighted by molar-refractivity contribution is 5.96.